The molecule has 0 heterocycles. The van der Waals surface area contributed by atoms with E-state index in [1.165, 1.54) is 19.2 Å². The molecule has 1 unspecified atom stereocenters. The van der Waals surface area contributed by atoms with Crippen molar-refractivity contribution in [2.75, 3.05) is 18.8 Å². The summed E-state index contributed by atoms with van der Waals surface area (Å²) in [4.78, 5) is 0.279. The van der Waals surface area contributed by atoms with Crippen LogP contribution in [0, 0.1) is 5.82 Å². The van der Waals surface area contributed by atoms with Crippen LogP contribution in [0.15, 0.2) is 23.1 Å². The topological polar surface area (TPSA) is 52.3 Å². The Morgan fingerprint density at radius 3 is 2.92 bits per heavy atom. The first-order valence-corrected chi connectivity index (χ1v) is 4.89. The Hall–Kier alpha value is -0.940. The molecule has 0 saturated carbocycles. The highest BCUT2D eigenvalue weighted by Gasteiger charge is 2.08. The van der Waals surface area contributed by atoms with Crippen LogP contribution in [0.5, 0.6) is 0 Å². The lowest BCUT2D eigenvalue weighted by Crippen LogP contribution is -2.03. The smallest absolute Gasteiger partial charge is 0.126 e. The number of ether oxygens (including phenoxy) is 1. The summed E-state index contributed by atoms with van der Waals surface area (Å²) in [5, 5.41) is 0. The predicted molar refractivity (Wildman–Crippen MR) is 49.1 cm³/mol. The van der Waals surface area contributed by atoms with E-state index < -0.39 is 16.6 Å². The zero-order valence-corrected chi connectivity index (χ0v) is 7.94. The molecular formula is C8H10FNO2S. The van der Waals surface area contributed by atoms with Gasteiger partial charge < -0.3 is 10.5 Å². The lowest BCUT2D eigenvalue weighted by Gasteiger charge is -2.04. The fourth-order valence-electron chi connectivity index (χ4n) is 0.876. The van der Waals surface area contributed by atoms with Gasteiger partial charge in [-0.15, -0.1) is 0 Å². The molecule has 0 radical (unpaired) electrons. The summed E-state index contributed by atoms with van der Waals surface area (Å²) in [6.07, 6.45) is 0. The molecule has 1 rings (SSSR count). The number of halogens is 1. The first-order valence-electron chi connectivity index (χ1n) is 3.57. The summed E-state index contributed by atoms with van der Waals surface area (Å²) >= 11 is 0. The Morgan fingerprint density at radius 2 is 2.31 bits per heavy atom. The molecule has 1 aromatic carbocycles. The lowest BCUT2D eigenvalue weighted by atomic mass is 10.3. The van der Waals surface area contributed by atoms with E-state index in [9.17, 15) is 8.60 Å². The Labute approximate surface area is 78.2 Å². The van der Waals surface area contributed by atoms with Gasteiger partial charge in [-0.05, 0) is 18.2 Å². The average molecular weight is 203 g/mol. The van der Waals surface area contributed by atoms with Crippen molar-refractivity contribution in [1.82, 2.24) is 0 Å². The van der Waals surface area contributed by atoms with Crippen LogP contribution in [0.25, 0.3) is 0 Å². The number of methoxy groups -OCH3 is 1. The summed E-state index contributed by atoms with van der Waals surface area (Å²) < 4.78 is 28.7. The van der Waals surface area contributed by atoms with Gasteiger partial charge in [0.15, 0.2) is 0 Å². The van der Waals surface area contributed by atoms with Gasteiger partial charge in [0.05, 0.1) is 15.7 Å². The molecule has 0 spiro atoms. The van der Waals surface area contributed by atoms with Crippen LogP contribution in [-0.4, -0.2) is 17.3 Å². The van der Waals surface area contributed by atoms with Crippen molar-refractivity contribution in [3.05, 3.63) is 24.0 Å². The van der Waals surface area contributed by atoms with Crippen molar-refractivity contribution >= 4 is 16.5 Å². The molecule has 0 saturated heterocycles. The second kappa shape index (κ2) is 4.34. The molecule has 13 heavy (non-hydrogen) atoms. The lowest BCUT2D eigenvalue weighted by molar-refractivity contribution is 0.254. The monoisotopic (exact) mass is 203 g/mol. The van der Waals surface area contributed by atoms with E-state index in [0.717, 1.165) is 6.07 Å². The highest BCUT2D eigenvalue weighted by molar-refractivity contribution is 7.85. The zero-order valence-electron chi connectivity index (χ0n) is 7.12. The van der Waals surface area contributed by atoms with Crippen LogP contribution in [0.3, 0.4) is 0 Å². The Balaban J connectivity index is 2.99. The van der Waals surface area contributed by atoms with Crippen LogP contribution >= 0.6 is 0 Å². The quantitative estimate of drug-likeness (QED) is 0.749. The number of hydrogen-bond donors (Lipinski definition) is 1. The SMILES string of the molecule is COCS(=O)c1cc(F)ccc1N. The first kappa shape index (κ1) is 10.1. The van der Waals surface area contributed by atoms with Crippen molar-refractivity contribution in [2.45, 2.75) is 4.90 Å². The summed E-state index contributed by atoms with van der Waals surface area (Å²) in [5.41, 5.74) is 5.82. The molecule has 72 valence electrons. The molecule has 5 heteroatoms. The Morgan fingerprint density at radius 1 is 1.62 bits per heavy atom. The van der Waals surface area contributed by atoms with Crippen molar-refractivity contribution in [3.63, 3.8) is 0 Å². The minimum atomic E-state index is -1.39. The third kappa shape index (κ3) is 2.50. The van der Waals surface area contributed by atoms with E-state index in [4.69, 9.17) is 5.73 Å². The number of nitrogen functional groups attached to an aromatic ring is 1. The van der Waals surface area contributed by atoms with E-state index in [1.807, 2.05) is 0 Å². The number of hydrogen-bond acceptors (Lipinski definition) is 3. The van der Waals surface area contributed by atoms with E-state index in [-0.39, 0.29) is 10.8 Å². The van der Waals surface area contributed by atoms with Crippen LogP contribution in [0.2, 0.25) is 0 Å². The molecule has 2 N–H and O–H groups in total. The van der Waals surface area contributed by atoms with Crippen molar-refractivity contribution in [3.8, 4) is 0 Å². The molecule has 1 aromatic rings. The van der Waals surface area contributed by atoms with E-state index >= 15 is 0 Å². The fraction of sp³-hybridized carbons (Fsp3) is 0.250. The third-order valence-electron chi connectivity index (χ3n) is 1.45. The zero-order chi connectivity index (χ0) is 9.84. The van der Waals surface area contributed by atoms with Crippen molar-refractivity contribution in [1.29, 1.82) is 0 Å². The summed E-state index contributed by atoms with van der Waals surface area (Å²) in [6, 6.07) is 3.77. The molecule has 0 aliphatic carbocycles. The molecule has 0 aliphatic rings. The molecule has 0 fully saturated rings. The van der Waals surface area contributed by atoms with Gasteiger partial charge in [0.1, 0.15) is 11.8 Å². The van der Waals surface area contributed by atoms with Gasteiger partial charge in [-0.25, -0.2) is 4.39 Å². The Bertz CT molecular complexity index is 330. The van der Waals surface area contributed by atoms with Gasteiger partial charge in [-0.2, -0.15) is 0 Å². The van der Waals surface area contributed by atoms with Gasteiger partial charge in [0.25, 0.3) is 0 Å². The van der Waals surface area contributed by atoms with Crippen LogP contribution in [-0.2, 0) is 15.5 Å². The van der Waals surface area contributed by atoms with E-state index in [0.29, 0.717) is 5.69 Å². The van der Waals surface area contributed by atoms with Gasteiger partial charge in [-0.1, -0.05) is 0 Å². The predicted octanol–water partition coefficient (Wildman–Crippen LogP) is 1.12. The summed E-state index contributed by atoms with van der Waals surface area (Å²) in [5.74, 6) is -0.429. The maximum Gasteiger partial charge on any atom is 0.126 e. The molecule has 0 aliphatic heterocycles. The van der Waals surface area contributed by atoms with Crippen LogP contribution < -0.4 is 5.73 Å². The van der Waals surface area contributed by atoms with E-state index in [1.54, 1.807) is 0 Å². The van der Waals surface area contributed by atoms with Crippen molar-refractivity contribution in [2.24, 2.45) is 0 Å². The fourth-order valence-corrected chi connectivity index (χ4v) is 1.79. The molecular weight excluding hydrogens is 193 g/mol. The minimum Gasteiger partial charge on any atom is -0.398 e. The second-order valence-corrected chi connectivity index (χ2v) is 3.80. The molecule has 0 aromatic heterocycles. The first-order chi connectivity index (χ1) is 6.15. The summed E-state index contributed by atoms with van der Waals surface area (Å²) in [6.45, 7) is 0. The van der Waals surface area contributed by atoms with Gasteiger partial charge in [0.2, 0.25) is 0 Å². The average Bonchev–Trinajstić information content (AvgIpc) is 2.09. The molecule has 0 amide bonds. The number of nitrogens with two attached hydrogens (primary N) is 1. The second-order valence-electron chi connectivity index (χ2n) is 2.43. The van der Waals surface area contributed by atoms with E-state index in [2.05, 4.69) is 4.74 Å². The molecule has 1 atom stereocenters. The van der Waals surface area contributed by atoms with Gasteiger partial charge in [-0.3, -0.25) is 4.21 Å². The normalized spacial score (nSPS) is 12.8. The van der Waals surface area contributed by atoms with Crippen LogP contribution in [0.4, 0.5) is 10.1 Å². The highest BCUT2D eigenvalue weighted by atomic mass is 32.2. The molecule has 0 bridgehead atoms. The number of anilines is 1. The largest absolute Gasteiger partial charge is 0.398 e. The minimum absolute atomic E-state index is 0.0215. The third-order valence-corrected chi connectivity index (χ3v) is 2.74. The number of rotatable bonds is 3. The van der Waals surface area contributed by atoms with Gasteiger partial charge >= 0.3 is 0 Å². The number of benzene rings is 1. The highest BCUT2D eigenvalue weighted by Crippen LogP contribution is 2.17. The maximum atomic E-state index is 12.7. The van der Waals surface area contributed by atoms with Crippen molar-refractivity contribution < 1.29 is 13.3 Å². The standard InChI is InChI=1S/C8H10FNO2S/c1-12-5-13(11)8-4-6(9)2-3-7(8)10/h2-4H,5,10H2,1H3. The molecule has 3 nitrogen and oxygen atoms in total. The van der Waals surface area contributed by atoms with Gasteiger partial charge in [0, 0.05) is 12.8 Å². The summed E-state index contributed by atoms with van der Waals surface area (Å²) in [7, 11) is 0.0315. The maximum absolute atomic E-state index is 12.7. The van der Waals surface area contributed by atoms with Crippen LogP contribution in [0.1, 0.15) is 0 Å². The Kier molecular flexibility index (Phi) is 3.39.